The van der Waals surface area contributed by atoms with Crippen LogP contribution in [0, 0.1) is 0 Å². The molecule has 82 valence electrons. The number of carbonyl (C=O) groups excluding carboxylic acids is 1. The molecule has 0 atom stereocenters. The van der Waals surface area contributed by atoms with Gasteiger partial charge in [0.25, 0.3) is 0 Å². The third-order valence-electron chi connectivity index (χ3n) is 1.98. The molecule has 1 aliphatic heterocycles. The van der Waals surface area contributed by atoms with Crippen molar-refractivity contribution in [3.05, 3.63) is 0 Å². The summed E-state index contributed by atoms with van der Waals surface area (Å²) in [6.07, 6.45) is 0. The molecule has 0 radical (unpaired) electrons. The molecular weight excluding hydrogens is 196 g/mol. The topological polar surface area (TPSA) is 41.6 Å². The fourth-order valence-corrected chi connectivity index (χ4v) is 2.17. The van der Waals surface area contributed by atoms with Crippen molar-refractivity contribution >= 4 is 14.3 Å². The molecule has 5 heteroatoms. The summed E-state index contributed by atoms with van der Waals surface area (Å²) in [6, 6.07) is 0. The Hall–Kier alpha value is -0.393. The molecule has 1 rings (SSSR count). The van der Waals surface area contributed by atoms with Crippen molar-refractivity contribution in [3.8, 4) is 0 Å². The number of nitrogens with one attached hydrogen (secondary N) is 1. The van der Waals surface area contributed by atoms with Crippen LogP contribution >= 0.6 is 0 Å². The maximum Gasteiger partial charge on any atom is 0.306 e. The lowest BCUT2D eigenvalue weighted by Gasteiger charge is -2.27. The molecule has 0 bridgehead atoms. The summed E-state index contributed by atoms with van der Waals surface area (Å²) in [4.78, 5) is 13.6. The number of piperazine rings is 1. The molecule has 1 saturated heterocycles. The van der Waals surface area contributed by atoms with Crippen molar-refractivity contribution in [1.82, 2.24) is 10.2 Å². The molecule has 0 aromatic heterocycles. The summed E-state index contributed by atoms with van der Waals surface area (Å²) < 4.78 is 5.38. The molecule has 0 saturated carbocycles. The Morgan fingerprint density at radius 3 is 2.43 bits per heavy atom. The maximum absolute atomic E-state index is 11.5. The molecule has 0 aliphatic carbocycles. The molecule has 0 spiro atoms. The van der Waals surface area contributed by atoms with E-state index >= 15 is 0 Å². The molecule has 0 unspecified atom stereocenters. The molecule has 4 nitrogen and oxygen atoms in total. The van der Waals surface area contributed by atoms with Crippen LogP contribution in [0.1, 0.15) is 0 Å². The van der Waals surface area contributed by atoms with Gasteiger partial charge in [-0.25, -0.2) is 0 Å². The monoisotopic (exact) mass is 216 g/mol. The highest BCUT2D eigenvalue weighted by Gasteiger charge is 2.22. The van der Waals surface area contributed by atoms with E-state index in [0.717, 1.165) is 26.2 Å². The smallest absolute Gasteiger partial charge is 0.306 e. The first kappa shape index (κ1) is 11.7. The van der Waals surface area contributed by atoms with Gasteiger partial charge in [0.2, 0.25) is 8.32 Å². The number of carbonyl (C=O) groups is 1. The van der Waals surface area contributed by atoms with Gasteiger partial charge < -0.3 is 9.74 Å². The van der Waals surface area contributed by atoms with Crippen LogP contribution in [0.5, 0.6) is 0 Å². The molecule has 1 fully saturated rings. The van der Waals surface area contributed by atoms with Crippen LogP contribution in [-0.2, 0) is 9.22 Å². The van der Waals surface area contributed by atoms with Gasteiger partial charge in [0.05, 0.1) is 6.54 Å². The van der Waals surface area contributed by atoms with E-state index in [1.165, 1.54) is 0 Å². The van der Waals surface area contributed by atoms with Gasteiger partial charge in [-0.15, -0.1) is 0 Å². The summed E-state index contributed by atoms with van der Waals surface area (Å²) in [5.74, 6) is -0.0638. The highest BCUT2D eigenvalue weighted by Crippen LogP contribution is 2.03. The highest BCUT2D eigenvalue weighted by molar-refractivity contribution is 6.71. The zero-order valence-corrected chi connectivity index (χ0v) is 10.3. The Morgan fingerprint density at radius 1 is 1.36 bits per heavy atom. The van der Waals surface area contributed by atoms with Crippen molar-refractivity contribution in [2.45, 2.75) is 19.6 Å². The van der Waals surface area contributed by atoms with Gasteiger partial charge in [-0.05, 0) is 19.6 Å². The SMILES string of the molecule is C[Si](C)(C)OC(=O)CN1CCNCC1. The number of rotatable bonds is 3. The summed E-state index contributed by atoms with van der Waals surface area (Å²) >= 11 is 0. The van der Waals surface area contributed by atoms with E-state index in [9.17, 15) is 4.79 Å². The minimum Gasteiger partial charge on any atom is -0.519 e. The number of hydrogen-bond acceptors (Lipinski definition) is 4. The van der Waals surface area contributed by atoms with E-state index in [4.69, 9.17) is 4.43 Å². The number of nitrogens with zero attached hydrogens (tertiary/aromatic N) is 1. The Bertz CT molecular complexity index is 197. The van der Waals surface area contributed by atoms with Crippen LogP contribution in [-0.4, -0.2) is 51.9 Å². The average molecular weight is 216 g/mol. The normalized spacial score (nSPS) is 19.4. The van der Waals surface area contributed by atoms with Gasteiger partial charge in [-0.2, -0.15) is 0 Å². The second-order valence-corrected chi connectivity index (χ2v) is 9.04. The summed E-state index contributed by atoms with van der Waals surface area (Å²) in [5.41, 5.74) is 0. The fourth-order valence-electron chi connectivity index (χ4n) is 1.43. The standard InChI is InChI=1S/C9H20N2O2Si/c1-14(2,3)13-9(12)8-11-6-4-10-5-7-11/h10H,4-8H2,1-3H3. The van der Waals surface area contributed by atoms with Gasteiger partial charge in [0, 0.05) is 26.2 Å². The second-order valence-electron chi connectivity index (χ2n) is 4.61. The molecule has 0 aromatic rings. The van der Waals surface area contributed by atoms with E-state index in [2.05, 4.69) is 10.2 Å². The van der Waals surface area contributed by atoms with Crippen molar-refractivity contribution < 1.29 is 9.22 Å². The lowest BCUT2D eigenvalue weighted by Crippen LogP contribution is -2.46. The average Bonchev–Trinajstić information content (AvgIpc) is 2.02. The zero-order chi connectivity index (χ0) is 10.6. The van der Waals surface area contributed by atoms with Crippen LogP contribution in [0.15, 0.2) is 0 Å². The van der Waals surface area contributed by atoms with Crippen LogP contribution in [0.3, 0.4) is 0 Å². The van der Waals surface area contributed by atoms with Crippen molar-refractivity contribution in [2.24, 2.45) is 0 Å². The Kier molecular flexibility index (Phi) is 4.09. The lowest BCUT2D eigenvalue weighted by atomic mass is 10.3. The molecule has 1 heterocycles. The van der Waals surface area contributed by atoms with E-state index < -0.39 is 8.32 Å². The minimum atomic E-state index is -1.70. The Labute approximate surface area is 86.7 Å². The van der Waals surface area contributed by atoms with E-state index in [1.807, 2.05) is 19.6 Å². The molecule has 1 N–H and O–H groups in total. The molecule has 1 aliphatic rings. The first-order valence-electron chi connectivity index (χ1n) is 5.12. The second kappa shape index (κ2) is 4.91. The first-order valence-corrected chi connectivity index (χ1v) is 8.53. The van der Waals surface area contributed by atoms with Crippen LogP contribution in [0.2, 0.25) is 19.6 Å². The largest absolute Gasteiger partial charge is 0.519 e. The first-order chi connectivity index (χ1) is 6.47. The van der Waals surface area contributed by atoms with Gasteiger partial charge in [-0.1, -0.05) is 0 Å². The predicted octanol–water partition coefficient (Wildman–Crippen LogP) is 0.270. The maximum atomic E-state index is 11.5. The van der Waals surface area contributed by atoms with Crippen LogP contribution < -0.4 is 5.32 Å². The summed E-state index contributed by atoms with van der Waals surface area (Å²) in [5, 5.41) is 3.25. The third-order valence-corrected chi connectivity index (χ3v) is 2.82. The fraction of sp³-hybridized carbons (Fsp3) is 0.889. The van der Waals surface area contributed by atoms with Crippen molar-refractivity contribution in [3.63, 3.8) is 0 Å². The van der Waals surface area contributed by atoms with Gasteiger partial charge in [0.15, 0.2) is 0 Å². The predicted molar refractivity (Wildman–Crippen MR) is 58.7 cm³/mol. The van der Waals surface area contributed by atoms with Gasteiger partial charge in [0.1, 0.15) is 0 Å². The third kappa shape index (κ3) is 4.73. The quantitative estimate of drug-likeness (QED) is 0.688. The zero-order valence-electron chi connectivity index (χ0n) is 9.30. The molecular formula is C9H20N2O2Si. The minimum absolute atomic E-state index is 0.0638. The summed E-state index contributed by atoms with van der Waals surface area (Å²) in [7, 11) is -1.70. The van der Waals surface area contributed by atoms with Gasteiger partial charge >= 0.3 is 5.97 Å². The van der Waals surface area contributed by atoms with Crippen LogP contribution in [0.25, 0.3) is 0 Å². The van der Waals surface area contributed by atoms with E-state index in [1.54, 1.807) is 0 Å². The molecule has 14 heavy (non-hydrogen) atoms. The van der Waals surface area contributed by atoms with Crippen molar-refractivity contribution in [2.75, 3.05) is 32.7 Å². The Morgan fingerprint density at radius 2 is 1.93 bits per heavy atom. The Balaban J connectivity index is 2.25. The highest BCUT2D eigenvalue weighted by atomic mass is 28.4. The number of hydrogen-bond donors (Lipinski definition) is 1. The summed E-state index contributed by atoms with van der Waals surface area (Å²) in [6.45, 7) is 10.4. The van der Waals surface area contributed by atoms with Gasteiger partial charge in [-0.3, -0.25) is 9.69 Å². The molecule has 0 aromatic carbocycles. The van der Waals surface area contributed by atoms with E-state index in [-0.39, 0.29) is 5.97 Å². The molecule has 0 amide bonds. The lowest BCUT2D eigenvalue weighted by molar-refractivity contribution is -0.136. The van der Waals surface area contributed by atoms with Crippen LogP contribution in [0.4, 0.5) is 0 Å². The van der Waals surface area contributed by atoms with Crippen molar-refractivity contribution in [1.29, 1.82) is 0 Å². The van der Waals surface area contributed by atoms with E-state index in [0.29, 0.717) is 6.54 Å².